The minimum atomic E-state index is -0.00569. The van der Waals surface area contributed by atoms with E-state index in [1.165, 1.54) is 24.2 Å². The van der Waals surface area contributed by atoms with Crippen LogP contribution in [0.3, 0.4) is 0 Å². The summed E-state index contributed by atoms with van der Waals surface area (Å²) < 4.78 is 5.33. The summed E-state index contributed by atoms with van der Waals surface area (Å²) in [6, 6.07) is 8.27. The van der Waals surface area contributed by atoms with Gasteiger partial charge in [-0.1, -0.05) is 26.0 Å². The fourth-order valence-electron chi connectivity index (χ4n) is 2.69. The Bertz CT molecular complexity index is 525. The standard InChI is InChI=1S/C18H29N3OS/c1-18(2,14-7-5-8-15(11-14)22-4)13-21-17(19-3)20-12-16-9-6-10-23-16/h5,7-8,11,16H,6,9-10,12-13H2,1-4H3,(H2,19,20,21). The van der Waals surface area contributed by atoms with Crippen molar-refractivity contribution in [3.05, 3.63) is 29.8 Å². The summed E-state index contributed by atoms with van der Waals surface area (Å²) in [7, 11) is 3.53. The summed E-state index contributed by atoms with van der Waals surface area (Å²) in [5.41, 5.74) is 1.25. The quantitative estimate of drug-likeness (QED) is 0.620. The van der Waals surface area contributed by atoms with Crippen molar-refractivity contribution in [2.24, 2.45) is 4.99 Å². The molecule has 0 aliphatic carbocycles. The summed E-state index contributed by atoms with van der Waals surface area (Å²) in [6.07, 6.45) is 2.65. The molecule has 0 aromatic heterocycles. The molecule has 1 unspecified atom stereocenters. The Morgan fingerprint density at radius 2 is 2.22 bits per heavy atom. The van der Waals surface area contributed by atoms with Crippen LogP contribution in [-0.2, 0) is 5.41 Å². The highest BCUT2D eigenvalue weighted by atomic mass is 32.2. The maximum Gasteiger partial charge on any atom is 0.191 e. The van der Waals surface area contributed by atoms with Crippen LogP contribution in [0.1, 0.15) is 32.3 Å². The molecule has 4 nitrogen and oxygen atoms in total. The molecule has 1 saturated heterocycles. The van der Waals surface area contributed by atoms with Gasteiger partial charge >= 0.3 is 0 Å². The number of nitrogens with one attached hydrogen (secondary N) is 2. The second kappa shape index (κ2) is 8.48. The molecule has 128 valence electrons. The first-order chi connectivity index (χ1) is 11.0. The largest absolute Gasteiger partial charge is 0.497 e. The first-order valence-corrected chi connectivity index (χ1v) is 9.30. The first-order valence-electron chi connectivity index (χ1n) is 8.26. The minimum Gasteiger partial charge on any atom is -0.497 e. The lowest BCUT2D eigenvalue weighted by molar-refractivity contribution is 0.411. The van der Waals surface area contributed by atoms with Crippen LogP contribution in [0.4, 0.5) is 0 Å². The van der Waals surface area contributed by atoms with Crippen LogP contribution in [-0.4, -0.2) is 44.2 Å². The van der Waals surface area contributed by atoms with Gasteiger partial charge in [-0.05, 0) is 36.3 Å². The van der Waals surface area contributed by atoms with E-state index in [0.717, 1.165) is 30.0 Å². The van der Waals surface area contributed by atoms with Gasteiger partial charge in [0.1, 0.15) is 5.75 Å². The number of aliphatic imine (C=N–C) groups is 1. The van der Waals surface area contributed by atoms with Crippen LogP contribution in [0.15, 0.2) is 29.3 Å². The van der Waals surface area contributed by atoms with E-state index in [1.54, 1.807) is 7.11 Å². The summed E-state index contributed by atoms with van der Waals surface area (Å²) in [6.45, 7) is 6.27. The molecule has 2 N–H and O–H groups in total. The molecular weight excluding hydrogens is 306 g/mol. The van der Waals surface area contributed by atoms with Gasteiger partial charge in [-0.2, -0.15) is 11.8 Å². The Morgan fingerprint density at radius 1 is 1.39 bits per heavy atom. The maximum absolute atomic E-state index is 5.33. The van der Waals surface area contributed by atoms with Crippen LogP contribution >= 0.6 is 11.8 Å². The average molecular weight is 336 g/mol. The zero-order valence-corrected chi connectivity index (χ0v) is 15.5. The highest BCUT2D eigenvalue weighted by Gasteiger charge is 2.22. The summed E-state index contributed by atoms with van der Waals surface area (Å²) in [4.78, 5) is 4.34. The maximum atomic E-state index is 5.33. The van der Waals surface area contributed by atoms with E-state index in [-0.39, 0.29) is 5.41 Å². The molecule has 1 aliphatic heterocycles. The molecule has 1 aromatic carbocycles. The van der Waals surface area contributed by atoms with Gasteiger partial charge < -0.3 is 15.4 Å². The van der Waals surface area contributed by atoms with Crippen molar-refractivity contribution >= 4 is 17.7 Å². The number of thioether (sulfide) groups is 1. The van der Waals surface area contributed by atoms with Gasteiger partial charge in [-0.3, -0.25) is 4.99 Å². The highest BCUT2D eigenvalue weighted by molar-refractivity contribution is 8.00. The number of rotatable bonds is 6. The van der Waals surface area contributed by atoms with Crippen molar-refractivity contribution in [2.75, 3.05) is 33.0 Å². The lowest BCUT2D eigenvalue weighted by Gasteiger charge is -2.27. The third-order valence-corrected chi connectivity index (χ3v) is 5.69. The molecule has 0 bridgehead atoms. The van der Waals surface area contributed by atoms with Gasteiger partial charge in [0.2, 0.25) is 0 Å². The Kier molecular flexibility index (Phi) is 6.63. The second-order valence-corrected chi connectivity index (χ2v) is 7.97. The van der Waals surface area contributed by atoms with Crippen LogP contribution < -0.4 is 15.4 Å². The summed E-state index contributed by atoms with van der Waals surface area (Å²) in [5.74, 6) is 3.08. The number of hydrogen-bond donors (Lipinski definition) is 2. The van der Waals surface area contributed by atoms with Crippen molar-refractivity contribution in [3.63, 3.8) is 0 Å². The summed E-state index contributed by atoms with van der Waals surface area (Å²) >= 11 is 2.06. The van der Waals surface area contributed by atoms with Crippen molar-refractivity contribution in [3.8, 4) is 5.75 Å². The molecule has 0 amide bonds. The Labute approximate surface area is 144 Å². The molecule has 1 atom stereocenters. The van der Waals surface area contributed by atoms with Gasteiger partial charge in [-0.15, -0.1) is 0 Å². The number of benzene rings is 1. The van der Waals surface area contributed by atoms with Crippen LogP contribution in [0, 0.1) is 0 Å². The van der Waals surface area contributed by atoms with Crippen molar-refractivity contribution < 1.29 is 4.74 Å². The molecule has 23 heavy (non-hydrogen) atoms. The zero-order valence-electron chi connectivity index (χ0n) is 14.7. The lowest BCUT2D eigenvalue weighted by atomic mass is 9.84. The van der Waals surface area contributed by atoms with E-state index in [9.17, 15) is 0 Å². The number of guanidine groups is 1. The third-order valence-electron chi connectivity index (χ3n) is 4.29. The molecule has 1 fully saturated rings. The van der Waals surface area contributed by atoms with Gasteiger partial charge in [0.05, 0.1) is 7.11 Å². The predicted molar refractivity (Wildman–Crippen MR) is 101 cm³/mol. The topological polar surface area (TPSA) is 45.7 Å². The van der Waals surface area contributed by atoms with Crippen LogP contribution in [0.2, 0.25) is 0 Å². The molecule has 0 spiro atoms. The van der Waals surface area contributed by atoms with E-state index in [2.05, 4.69) is 53.4 Å². The van der Waals surface area contributed by atoms with Crippen molar-refractivity contribution in [1.82, 2.24) is 10.6 Å². The molecular formula is C18H29N3OS. The van der Waals surface area contributed by atoms with E-state index in [1.807, 2.05) is 19.2 Å². The van der Waals surface area contributed by atoms with Gasteiger partial charge in [0.15, 0.2) is 5.96 Å². The molecule has 2 rings (SSSR count). The second-order valence-electron chi connectivity index (χ2n) is 6.56. The highest BCUT2D eigenvalue weighted by Crippen LogP contribution is 2.26. The van der Waals surface area contributed by atoms with Crippen LogP contribution in [0.5, 0.6) is 5.75 Å². The smallest absolute Gasteiger partial charge is 0.191 e. The Hall–Kier alpha value is -1.36. The molecule has 1 aromatic rings. The monoisotopic (exact) mass is 335 g/mol. The van der Waals surface area contributed by atoms with E-state index in [4.69, 9.17) is 4.74 Å². The lowest BCUT2D eigenvalue weighted by Crippen LogP contribution is -2.45. The molecule has 0 saturated carbocycles. The van der Waals surface area contributed by atoms with E-state index < -0.39 is 0 Å². The molecule has 1 aliphatic rings. The van der Waals surface area contributed by atoms with Crippen molar-refractivity contribution in [1.29, 1.82) is 0 Å². The number of hydrogen-bond acceptors (Lipinski definition) is 3. The number of methoxy groups -OCH3 is 1. The predicted octanol–water partition coefficient (Wildman–Crippen LogP) is 3.03. The van der Waals surface area contributed by atoms with Crippen LogP contribution in [0.25, 0.3) is 0 Å². The zero-order chi connectivity index (χ0) is 16.7. The Balaban J connectivity index is 1.88. The average Bonchev–Trinajstić information content (AvgIpc) is 3.08. The van der Waals surface area contributed by atoms with Gasteiger partial charge in [0, 0.05) is 30.8 Å². The molecule has 5 heteroatoms. The molecule has 1 heterocycles. The first kappa shape index (κ1) is 18.0. The molecule has 0 radical (unpaired) electrons. The third kappa shape index (κ3) is 5.34. The van der Waals surface area contributed by atoms with E-state index in [0.29, 0.717) is 0 Å². The normalized spacial score (nSPS) is 18.8. The SMILES string of the molecule is CN=C(NCC1CCCS1)NCC(C)(C)c1cccc(OC)c1. The van der Waals surface area contributed by atoms with Crippen molar-refractivity contribution in [2.45, 2.75) is 37.4 Å². The fraction of sp³-hybridized carbons (Fsp3) is 0.611. The van der Waals surface area contributed by atoms with E-state index >= 15 is 0 Å². The minimum absolute atomic E-state index is 0.00569. The Morgan fingerprint density at radius 3 is 2.87 bits per heavy atom. The number of ether oxygens (including phenoxy) is 1. The van der Waals surface area contributed by atoms with Gasteiger partial charge in [-0.25, -0.2) is 0 Å². The van der Waals surface area contributed by atoms with Gasteiger partial charge in [0.25, 0.3) is 0 Å². The fourth-order valence-corrected chi connectivity index (χ4v) is 3.89. The summed E-state index contributed by atoms with van der Waals surface area (Å²) in [5, 5.41) is 7.63. The number of nitrogens with zero attached hydrogens (tertiary/aromatic N) is 1.